The lowest BCUT2D eigenvalue weighted by atomic mass is 9.91. The van der Waals surface area contributed by atoms with Crippen LogP contribution in [0.1, 0.15) is 60.0 Å². The van der Waals surface area contributed by atoms with E-state index in [0.717, 1.165) is 24.2 Å². The molecule has 2 aromatic rings. The van der Waals surface area contributed by atoms with Crippen molar-refractivity contribution in [2.45, 2.75) is 68.0 Å². The van der Waals surface area contributed by atoms with E-state index >= 15 is 0 Å². The van der Waals surface area contributed by atoms with Gasteiger partial charge in [0.1, 0.15) is 12.2 Å². The summed E-state index contributed by atoms with van der Waals surface area (Å²) in [7, 11) is 0. The van der Waals surface area contributed by atoms with Crippen molar-refractivity contribution in [1.82, 2.24) is 0 Å². The lowest BCUT2D eigenvalue weighted by molar-refractivity contribution is -0.181. The minimum atomic E-state index is -1.08. The summed E-state index contributed by atoms with van der Waals surface area (Å²) in [6.45, 7) is 0.485. The van der Waals surface area contributed by atoms with Gasteiger partial charge in [-0.25, -0.2) is 0 Å². The van der Waals surface area contributed by atoms with Gasteiger partial charge < -0.3 is 24.8 Å². The number of ether oxygens (including phenoxy) is 2. The van der Waals surface area contributed by atoms with Crippen LogP contribution in [0.5, 0.6) is 0 Å². The van der Waals surface area contributed by atoms with Crippen LogP contribution in [0.3, 0.4) is 0 Å². The second kappa shape index (κ2) is 8.47. The SMILES string of the molecule is OC[C@H]1O[C@H](c2ccc(Cl)c(Cc3ccc(C4COC5(CC5)C4)cc3)c2)C[C@@H](O)[C@@H]1O. The molecule has 5 atom stereocenters. The second-order valence-electron chi connectivity index (χ2n) is 9.30. The summed E-state index contributed by atoms with van der Waals surface area (Å²) in [4.78, 5) is 0. The summed E-state index contributed by atoms with van der Waals surface area (Å²) in [6.07, 6.45) is 1.31. The van der Waals surface area contributed by atoms with Gasteiger partial charge in [0.05, 0.1) is 31.0 Å². The molecule has 2 saturated heterocycles. The first kappa shape index (κ1) is 21.4. The van der Waals surface area contributed by atoms with E-state index in [1.807, 2.05) is 18.2 Å². The first-order valence-corrected chi connectivity index (χ1v) is 11.5. The van der Waals surface area contributed by atoms with Crippen LogP contribution < -0.4 is 0 Å². The smallest absolute Gasteiger partial charge is 0.110 e. The number of aliphatic hydroxyl groups is 3. The maximum atomic E-state index is 10.1. The second-order valence-corrected chi connectivity index (χ2v) is 9.71. The molecule has 2 aliphatic heterocycles. The van der Waals surface area contributed by atoms with E-state index in [-0.39, 0.29) is 18.6 Å². The largest absolute Gasteiger partial charge is 0.394 e. The fourth-order valence-corrected chi connectivity index (χ4v) is 5.11. The Morgan fingerprint density at radius 2 is 1.77 bits per heavy atom. The molecule has 0 bridgehead atoms. The van der Waals surface area contributed by atoms with Crippen LogP contribution in [0.15, 0.2) is 42.5 Å². The molecule has 5 rings (SSSR count). The normalized spacial score (nSPS) is 31.8. The molecule has 6 heteroatoms. The number of rotatable bonds is 5. The Labute approximate surface area is 187 Å². The van der Waals surface area contributed by atoms with Crippen LogP contribution in [0, 0.1) is 0 Å². The Balaban J connectivity index is 1.29. The van der Waals surface area contributed by atoms with Gasteiger partial charge in [0.25, 0.3) is 0 Å². The van der Waals surface area contributed by atoms with E-state index in [4.69, 9.17) is 21.1 Å². The minimum Gasteiger partial charge on any atom is -0.394 e. The molecule has 3 aliphatic rings. The predicted octanol–water partition coefficient (Wildman–Crippen LogP) is 3.51. The fourth-order valence-electron chi connectivity index (χ4n) is 4.92. The Morgan fingerprint density at radius 3 is 2.45 bits per heavy atom. The van der Waals surface area contributed by atoms with Crippen LogP contribution in [-0.2, 0) is 15.9 Å². The van der Waals surface area contributed by atoms with Gasteiger partial charge in [0.15, 0.2) is 0 Å². The van der Waals surface area contributed by atoms with Crippen molar-refractivity contribution in [3.8, 4) is 0 Å². The van der Waals surface area contributed by atoms with Crippen LogP contribution >= 0.6 is 11.6 Å². The molecule has 3 fully saturated rings. The molecule has 1 unspecified atom stereocenters. The van der Waals surface area contributed by atoms with Gasteiger partial charge in [0.2, 0.25) is 0 Å². The molecule has 3 N–H and O–H groups in total. The van der Waals surface area contributed by atoms with Gasteiger partial charge in [-0.1, -0.05) is 48.0 Å². The molecule has 0 radical (unpaired) electrons. The van der Waals surface area contributed by atoms with Gasteiger partial charge in [-0.15, -0.1) is 0 Å². The summed E-state index contributed by atoms with van der Waals surface area (Å²) >= 11 is 6.48. The number of benzene rings is 2. The Hall–Kier alpha value is -1.47. The van der Waals surface area contributed by atoms with Crippen molar-refractivity contribution in [2.75, 3.05) is 13.2 Å². The van der Waals surface area contributed by atoms with Gasteiger partial charge in [-0.2, -0.15) is 0 Å². The van der Waals surface area contributed by atoms with Crippen molar-refractivity contribution in [1.29, 1.82) is 0 Å². The zero-order chi connectivity index (χ0) is 21.6. The molecule has 2 aromatic carbocycles. The van der Waals surface area contributed by atoms with Gasteiger partial charge in [-0.3, -0.25) is 0 Å². The number of aliphatic hydroxyl groups excluding tert-OH is 3. The van der Waals surface area contributed by atoms with Crippen molar-refractivity contribution in [2.24, 2.45) is 0 Å². The van der Waals surface area contributed by atoms with E-state index in [1.165, 1.54) is 24.0 Å². The summed E-state index contributed by atoms with van der Waals surface area (Å²) in [5, 5.41) is 30.2. The molecule has 1 saturated carbocycles. The third kappa shape index (κ3) is 4.40. The molecule has 0 amide bonds. The summed E-state index contributed by atoms with van der Waals surface area (Å²) < 4.78 is 11.8. The monoisotopic (exact) mass is 444 g/mol. The summed E-state index contributed by atoms with van der Waals surface area (Å²) in [5.74, 6) is 0.494. The van der Waals surface area contributed by atoms with E-state index in [0.29, 0.717) is 17.4 Å². The first-order chi connectivity index (χ1) is 15.0. The maximum Gasteiger partial charge on any atom is 0.110 e. The highest BCUT2D eigenvalue weighted by Gasteiger charge is 2.50. The molecular weight excluding hydrogens is 416 g/mol. The van der Waals surface area contributed by atoms with E-state index in [2.05, 4.69) is 24.3 Å². The topological polar surface area (TPSA) is 79.2 Å². The number of hydrogen-bond acceptors (Lipinski definition) is 5. The molecule has 166 valence electrons. The van der Waals surface area contributed by atoms with Crippen molar-refractivity contribution in [3.05, 3.63) is 69.7 Å². The maximum absolute atomic E-state index is 10.1. The molecular formula is C25H29ClO5. The van der Waals surface area contributed by atoms with Gasteiger partial charge in [-0.05, 0) is 54.0 Å². The molecule has 0 aromatic heterocycles. The number of halogens is 1. The fraction of sp³-hybridized carbons (Fsp3) is 0.520. The zero-order valence-corrected chi connectivity index (χ0v) is 18.2. The lowest BCUT2D eigenvalue weighted by Gasteiger charge is -2.36. The van der Waals surface area contributed by atoms with E-state index < -0.39 is 24.4 Å². The highest BCUT2D eigenvalue weighted by atomic mass is 35.5. The third-order valence-corrected chi connectivity index (χ3v) is 7.42. The highest BCUT2D eigenvalue weighted by molar-refractivity contribution is 6.31. The lowest BCUT2D eigenvalue weighted by Crippen LogP contribution is -2.47. The third-order valence-electron chi connectivity index (χ3n) is 7.05. The Morgan fingerprint density at radius 1 is 1.03 bits per heavy atom. The zero-order valence-electron chi connectivity index (χ0n) is 17.4. The average Bonchev–Trinajstić information content (AvgIpc) is 3.40. The van der Waals surface area contributed by atoms with E-state index in [1.54, 1.807) is 0 Å². The van der Waals surface area contributed by atoms with Crippen LogP contribution in [0.2, 0.25) is 5.02 Å². The minimum absolute atomic E-state index is 0.192. The first-order valence-electron chi connectivity index (χ1n) is 11.1. The van der Waals surface area contributed by atoms with Crippen molar-refractivity contribution >= 4 is 11.6 Å². The van der Waals surface area contributed by atoms with Crippen molar-refractivity contribution in [3.63, 3.8) is 0 Å². The highest BCUT2D eigenvalue weighted by Crippen LogP contribution is 2.51. The predicted molar refractivity (Wildman–Crippen MR) is 117 cm³/mol. The summed E-state index contributed by atoms with van der Waals surface area (Å²) in [5.41, 5.74) is 4.58. The molecule has 31 heavy (non-hydrogen) atoms. The summed E-state index contributed by atoms with van der Waals surface area (Å²) in [6, 6.07) is 14.5. The standard InChI is InChI=1S/C25H29ClO5/c26-20-6-5-17(22-11-21(28)24(29)23(13-27)31-22)10-18(20)9-15-1-3-16(4-2-15)19-12-25(7-8-25)30-14-19/h1-6,10,19,21-24,27-29H,7-9,11-14H2/t19?,21-,22+,23-,24+/m1/s1. The molecule has 1 spiro atoms. The van der Waals surface area contributed by atoms with Crippen LogP contribution in [-0.4, -0.2) is 52.4 Å². The molecule has 2 heterocycles. The van der Waals surface area contributed by atoms with Crippen LogP contribution in [0.4, 0.5) is 0 Å². The molecule has 5 nitrogen and oxygen atoms in total. The molecule has 1 aliphatic carbocycles. The van der Waals surface area contributed by atoms with Crippen LogP contribution in [0.25, 0.3) is 0 Å². The Bertz CT molecular complexity index is 926. The van der Waals surface area contributed by atoms with Gasteiger partial charge >= 0.3 is 0 Å². The quantitative estimate of drug-likeness (QED) is 0.657. The van der Waals surface area contributed by atoms with E-state index in [9.17, 15) is 15.3 Å². The van der Waals surface area contributed by atoms with Crippen molar-refractivity contribution < 1.29 is 24.8 Å². The average molecular weight is 445 g/mol. The van der Waals surface area contributed by atoms with Gasteiger partial charge in [0, 0.05) is 17.4 Å². The Kier molecular flexibility index (Phi) is 5.84. The number of hydrogen-bond donors (Lipinski definition) is 3.